The number of hydrogen-bond acceptors (Lipinski definition) is 3. The molecular weight excluding hydrogens is 198 g/mol. The fourth-order valence-corrected chi connectivity index (χ4v) is 1.74. The Hall–Kier alpha value is -1.56. The molecule has 0 aliphatic carbocycles. The van der Waals surface area contributed by atoms with Crippen LogP contribution in [-0.2, 0) is 0 Å². The third-order valence-corrected chi connectivity index (χ3v) is 2.56. The van der Waals surface area contributed by atoms with Crippen LogP contribution in [0.5, 0.6) is 0 Å². The van der Waals surface area contributed by atoms with E-state index in [4.69, 9.17) is 5.26 Å². The molecule has 1 heterocycles. The van der Waals surface area contributed by atoms with Crippen molar-refractivity contribution < 1.29 is 0 Å². The van der Waals surface area contributed by atoms with Crippen molar-refractivity contribution in [2.45, 2.75) is 46.1 Å². The predicted molar refractivity (Wildman–Crippen MR) is 66.3 cm³/mol. The Bertz CT molecular complexity index is 379. The first-order valence-corrected chi connectivity index (χ1v) is 5.84. The number of pyridine rings is 1. The van der Waals surface area contributed by atoms with Gasteiger partial charge in [0.25, 0.3) is 0 Å². The maximum Gasteiger partial charge on any atom is 0.127 e. The molecule has 3 nitrogen and oxygen atoms in total. The van der Waals surface area contributed by atoms with Gasteiger partial charge in [-0.3, -0.25) is 0 Å². The molecule has 0 amide bonds. The van der Waals surface area contributed by atoms with Crippen molar-refractivity contribution in [1.29, 1.82) is 5.26 Å². The number of nitriles is 1. The zero-order chi connectivity index (χ0) is 12.0. The maximum atomic E-state index is 8.88. The number of rotatable bonds is 5. The van der Waals surface area contributed by atoms with Gasteiger partial charge in [0.2, 0.25) is 0 Å². The summed E-state index contributed by atoms with van der Waals surface area (Å²) >= 11 is 0. The van der Waals surface area contributed by atoms with Crippen molar-refractivity contribution in [3.63, 3.8) is 0 Å². The quantitative estimate of drug-likeness (QED) is 0.823. The van der Waals surface area contributed by atoms with Gasteiger partial charge in [0.1, 0.15) is 5.82 Å². The van der Waals surface area contributed by atoms with Crippen molar-refractivity contribution in [1.82, 2.24) is 4.98 Å². The maximum absolute atomic E-state index is 8.88. The van der Waals surface area contributed by atoms with Gasteiger partial charge in [-0.25, -0.2) is 4.98 Å². The number of nitrogens with zero attached hydrogens (tertiary/aromatic N) is 2. The van der Waals surface area contributed by atoms with Gasteiger partial charge in [0.05, 0.1) is 11.6 Å². The highest BCUT2D eigenvalue weighted by Gasteiger charge is 2.06. The van der Waals surface area contributed by atoms with E-state index in [2.05, 4.69) is 30.2 Å². The van der Waals surface area contributed by atoms with E-state index in [0.29, 0.717) is 11.6 Å². The molecule has 0 radical (unpaired) electrons. The average molecular weight is 217 g/mol. The minimum atomic E-state index is 0.450. The lowest BCUT2D eigenvalue weighted by Gasteiger charge is -2.17. The standard InChI is InChI=1S/C13H19N3/c1-4-6-12(5-2)16-13-8-11(9-14)7-10(3)15-13/h7-8,12H,4-6H2,1-3H3,(H,15,16). The molecule has 0 aromatic carbocycles. The molecule has 1 aromatic heterocycles. The molecule has 0 spiro atoms. The summed E-state index contributed by atoms with van der Waals surface area (Å²) in [5, 5.41) is 12.3. The number of nitrogens with one attached hydrogen (secondary N) is 1. The second kappa shape index (κ2) is 6.12. The highest BCUT2D eigenvalue weighted by Crippen LogP contribution is 2.13. The van der Waals surface area contributed by atoms with E-state index in [1.54, 1.807) is 6.07 Å². The van der Waals surface area contributed by atoms with Gasteiger partial charge in [-0.05, 0) is 31.9 Å². The smallest absolute Gasteiger partial charge is 0.127 e. The Kier molecular flexibility index (Phi) is 4.78. The van der Waals surface area contributed by atoms with E-state index < -0.39 is 0 Å². The Morgan fingerprint density at radius 2 is 2.19 bits per heavy atom. The summed E-state index contributed by atoms with van der Waals surface area (Å²) in [6, 6.07) is 6.21. The number of aromatic nitrogens is 1. The Morgan fingerprint density at radius 1 is 1.44 bits per heavy atom. The lowest BCUT2D eigenvalue weighted by atomic mass is 10.1. The normalized spacial score (nSPS) is 11.9. The van der Waals surface area contributed by atoms with Crippen molar-refractivity contribution in [2.24, 2.45) is 0 Å². The van der Waals surface area contributed by atoms with Crippen molar-refractivity contribution in [3.05, 3.63) is 23.4 Å². The molecule has 16 heavy (non-hydrogen) atoms. The molecule has 0 fully saturated rings. The van der Waals surface area contributed by atoms with Crippen LogP contribution in [0.4, 0.5) is 5.82 Å². The molecule has 86 valence electrons. The molecule has 0 saturated heterocycles. The molecule has 1 N–H and O–H groups in total. The zero-order valence-electron chi connectivity index (χ0n) is 10.2. The molecule has 0 aliphatic heterocycles. The predicted octanol–water partition coefficient (Wildman–Crippen LogP) is 3.25. The molecular formula is C13H19N3. The Balaban J connectivity index is 2.80. The summed E-state index contributed by atoms with van der Waals surface area (Å²) in [4.78, 5) is 4.39. The van der Waals surface area contributed by atoms with Crippen LogP contribution in [0.3, 0.4) is 0 Å². The number of aryl methyl sites for hydroxylation is 1. The first-order chi connectivity index (χ1) is 7.69. The fraction of sp³-hybridized carbons (Fsp3) is 0.538. The Morgan fingerprint density at radius 3 is 2.75 bits per heavy atom. The summed E-state index contributed by atoms with van der Waals surface area (Å²) in [6.45, 7) is 6.25. The van der Waals surface area contributed by atoms with Crippen LogP contribution in [0, 0.1) is 18.3 Å². The van der Waals surface area contributed by atoms with Crippen LogP contribution in [0.1, 0.15) is 44.4 Å². The number of hydrogen-bond donors (Lipinski definition) is 1. The van der Waals surface area contributed by atoms with E-state index in [-0.39, 0.29) is 0 Å². The third kappa shape index (κ3) is 3.54. The fourth-order valence-electron chi connectivity index (χ4n) is 1.74. The second-order valence-electron chi connectivity index (χ2n) is 4.03. The van der Waals surface area contributed by atoms with Crippen molar-refractivity contribution in [3.8, 4) is 6.07 Å². The summed E-state index contributed by atoms with van der Waals surface area (Å²) in [5.41, 5.74) is 1.55. The lowest BCUT2D eigenvalue weighted by Crippen LogP contribution is -2.19. The van der Waals surface area contributed by atoms with Gasteiger partial charge in [-0.1, -0.05) is 20.3 Å². The van der Waals surface area contributed by atoms with Gasteiger partial charge in [0, 0.05) is 11.7 Å². The van der Waals surface area contributed by atoms with E-state index in [1.165, 1.54) is 0 Å². The summed E-state index contributed by atoms with van der Waals surface area (Å²) in [5.74, 6) is 0.817. The minimum Gasteiger partial charge on any atom is -0.367 e. The lowest BCUT2D eigenvalue weighted by molar-refractivity contribution is 0.620. The molecule has 3 heteroatoms. The van der Waals surface area contributed by atoms with E-state index in [9.17, 15) is 0 Å². The van der Waals surface area contributed by atoms with Crippen LogP contribution in [0.25, 0.3) is 0 Å². The van der Waals surface area contributed by atoms with Gasteiger partial charge in [0.15, 0.2) is 0 Å². The molecule has 0 saturated carbocycles. The third-order valence-electron chi connectivity index (χ3n) is 2.56. The van der Waals surface area contributed by atoms with E-state index >= 15 is 0 Å². The van der Waals surface area contributed by atoms with Crippen LogP contribution >= 0.6 is 0 Å². The average Bonchev–Trinajstić information content (AvgIpc) is 2.27. The summed E-state index contributed by atoms with van der Waals surface area (Å²) in [7, 11) is 0. The first kappa shape index (κ1) is 12.5. The van der Waals surface area contributed by atoms with Crippen LogP contribution < -0.4 is 5.32 Å². The zero-order valence-corrected chi connectivity index (χ0v) is 10.2. The monoisotopic (exact) mass is 217 g/mol. The molecule has 1 atom stereocenters. The molecule has 0 bridgehead atoms. The van der Waals surface area contributed by atoms with Crippen LogP contribution in [0.2, 0.25) is 0 Å². The van der Waals surface area contributed by atoms with Gasteiger partial charge < -0.3 is 5.32 Å². The van der Waals surface area contributed by atoms with E-state index in [0.717, 1.165) is 30.8 Å². The highest BCUT2D eigenvalue weighted by atomic mass is 15.0. The van der Waals surface area contributed by atoms with E-state index in [1.807, 2.05) is 13.0 Å². The second-order valence-corrected chi connectivity index (χ2v) is 4.03. The first-order valence-electron chi connectivity index (χ1n) is 5.84. The minimum absolute atomic E-state index is 0.450. The Labute approximate surface area is 97.5 Å². The van der Waals surface area contributed by atoms with Crippen LogP contribution in [0.15, 0.2) is 12.1 Å². The van der Waals surface area contributed by atoms with Crippen molar-refractivity contribution in [2.75, 3.05) is 5.32 Å². The number of anilines is 1. The van der Waals surface area contributed by atoms with Crippen molar-refractivity contribution >= 4 is 5.82 Å². The van der Waals surface area contributed by atoms with Crippen LogP contribution in [-0.4, -0.2) is 11.0 Å². The van der Waals surface area contributed by atoms with Gasteiger partial charge in [-0.2, -0.15) is 5.26 Å². The van der Waals surface area contributed by atoms with Gasteiger partial charge >= 0.3 is 0 Å². The SMILES string of the molecule is CCCC(CC)Nc1cc(C#N)cc(C)n1. The summed E-state index contributed by atoms with van der Waals surface area (Å²) < 4.78 is 0. The highest BCUT2D eigenvalue weighted by molar-refractivity contribution is 5.44. The van der Waals surface area contributed by atoms with Gasteiger partial charge in [-0.15, -0.1) is 0 Å². The topological polar surface area (TPSA) is 48.7 Å². The molecule has 0 aliphatic rings. The molecule has 1 unspecified atom stereocenters. The molecule has 1 rings (SSSR count). The molecule has 1 aromatic rings. The summed E-state index contributed by atoms with van der Waals surface area (Å²) in [6.07, 6.45) is 3.36. The largest absolute Gasteiger partial charge is 0.367 e.